The summed E-state index contributed by atoms with van der Waals surface area (Å²) >= 11 is 0. The number of nitrogens with zero attached hydrogens (tertiary/aromatic N) is 2. The van der Waals surface area contributed by atoms with Gasteiger partial charge in [0, 0.05) is 26.3 Å². The molecule has 3 rings (SSSR count). The number of benzene rings is 1. The van der Waals surface area contributed by atoms with Crippen LogP contribution in [0.4, 0.5) is 0 Å². The largest absolute Gasteiger partial charge is 0.481 e. The van der Waals surface area contributed by atoms with Gasteiger partial charge in [0.25, 0.3) is 5.91 Å². The summed E-state index contributed by atoms with van der Waals surface area (Å²) in [5.74, 6) is -1.59. The summed E-state index contributed by atoms with van der Waals surface area (Å²) in [7, 11) is 1.52. The Balaban J connectivity index is 1.86. The SMILES string of the molecule is COCc1cc(C(=O)N2Cc3ccccc3C(C(=O)O)C2)no1. The molecule has 1 amide bonds. The lowest BCUT2D eigenvalue weighted by atomic mass is 9.89. The molecule has 1 aromatic carbocycles. The van der Waals surface area contributed by atoms with E-state index in [1.165, 1.54) is 18.1 Å². The highest BCUT2D eigenvalue weighted by molar-refractivity contribution is 5.93. The molecule has 0 saturated carbocycles. The molecule has 0 aliphatic carbocycles. The molecular weight excluding hydrogens is 300 g/mol. The molecule has 0 bridgehead atoms. The quantitative estimate of drug-likeness (QED) is 0.922. The Kier molecular flexibility index (Phi) is 4.12. The number of carbonyl (C=O) groups is 2. The smallest absolute Gasteiger partial charge is 0.312 e. The van der Waals surface area contributed by atoms with Gasteiger partial charge in [0.05, 0.1) is 5.92 Å². The molecule has 23 heavy (non-hydrogen) atoms. The maximum atomic E-state index is 12.6. The highest BCUT2D eigenvalue weighted by Crippen LogP contribution is 2.29. The standard InChI is InChI=1S/C16H16N2O5/c1-22-9-11-6-14(17-23-11)15(19)18-7-10-4-2-3-5-12(10)13(8-18)16(20)21/h2-6,13H,7-9H2,1H3,(H,20,21). The first-order chi connectivity index (χ1) is 11.1. The van der Waals surface area contributed by atoms with Gasteiger partial charge in [-0.15, -0.1) is 0 Å². The first-order valence-corrected chi connectivity index (χ1v) is 7.14. The molecule has 2 heterocycles. The van der Waals surface area contributed by atoms with Crippen molar-refractivity contribution in [3.8, 4) is 0 Å². The monoisotopic (exact) mass is 316 g/mol. The minimum Gasteiger partial charge on any atom is -0.481 e. The zero-order chi connectivity index (χ0) is 16.4. The predicted octanol–water partition coefficient (Wildman–Crippen LogP) is 1.65. The Morgan fingerprint density at radius 2 is 2.22 bits per heavy atom. The Morgan fingerprint density at radius 3 is 2.96 bits per heavy atom. The summed E-state index contributed by atoms with van der Waals surface area (Å²) in [5, 5.41) is 13.2. The van der Waals surface area contributed by atoms with Gasteiger partial charge >= 0.3 is 5.97 Å². The lowest BCUT2D eigenvalue weighted by Crippen LogP contribution is -2.40. The molecule has 1 aliphatic rings. The number of rotatable bonds is 4. The second kappa shape index (κ2) is 6.21. The average molecular weight is 316 g/mol. The van der Waals surface area contributed by atoms with Gasteiger partial charge in [-0.2, -0.15) is 0 Å². The number of carboxylic acid groups (broad SMARTS) is 1. The van der Waals surface area contributed by atoms with E-state index >= 15 is 0 Å². The maximum Gasteiger partial charge on any atom is 0.312 e. The number of methoxy groups -OCH3 is 1. The van der Waals surface area contributed by atoms with Crippen LogP contribution >= 0.6 is 0 Å². The molecule has 0 spiro atoms. The van der Waals surface area contributed by atoms with Crippen molar-refractivity contribution in [2.75, 3.05) is 13.7 Å². The molecule has 0 radical (unpaired) electrons. The topological polar surface area (TPSA) is 92.9 Å². The van der Waals surface area contributed by atoms with Crippen LogP contribution in [0.1, 0.15) is 33.3 Å². The first kappa shape index (κ1) is 15.2. The van der Waals surface area contributed by atoms with Crippen LogP contribution in [-0.4, -0.2) is 40.7 Å². The molecule has 0 fully saturated rings. The van der Waals surface area contributed by atoms with E-state index in [0.29, 0.717) is 12.3 Å². The maximum absolute atomic E-state index is 12.6. The Bertz CT molecular complexity index is 740. The van der Waals surface area contributed by atoms with Crippen molar-refractivity contribution in [1.82, 2.24) is 10.1 Å². The van der Waals surface area contributed by atoms with Gasteiger partial charge < -0.3 is 19.3 Å². The van der Waals surface area contributed by atoms with Crippen molar-refractivity contribution in [3.05, 3.63) is 52.9 Å². The van der Waals surface area contributed by atoms with Gasteiger partial charge in [0.2, 0.25) is 0 Å². The van der Waals surface area contributed by atoms with E-state index in [2.05, 4.69) is 5.16 Å². The van der Waals surface area contributed by atoms with E-state index in [-0.39, 0.29) is 24.8 Å². The fraction of sp³-hybridized carbons (Fsp3) is 0.312. The molecule has 1 atom stereocenters. The molecule has 2 aromatic rings. The van der Waals surface area contributed by atoms with Crippen LogP contribution in [0.15, 0.2) is 34.9 Å². The third-order valence-corrected chi connectivity index (χ3v) is 3.84. The van der Waals surface area contributed by atoms with Crippen molar-refractivity contribution in [1.29, 1.82) is 0 Å². The molecule has 1 aromatic heterocycles. The minimum atomic E-state index is -0.949. The van der Waals surface area contributed by atoms with Gasteiger partial charge in [-0.25, -0.2) is 0 Å². The van der Waals surface area contributed by atoms with E-state index in [4.69, 9.17) is 9.26 Å². The van der Waals surface area contributed by atoms with Gasteiger partial charge in [-0.3, -0.25) is 9.59 Å². The molecule has 7 nitrogen and oxygen atoms in total. The summed E-state index contributed by atoms with van der Waals surface area (Å²) in [6.07, 6.45) is 0. The number of aromatic nitrogens is 1. The second-order valence-electron chi connectivity index (χ2n) is 5.39. The average Bonchev–Trinajstić information content (AvgIpc) is 3.02. The predicted molar refractivity (Wildman–Crippen MR) is 78.8 cm³/mol. The summed E-state index contributed by atoms with van der Waals surface area (Å²) in [6.45, 7) is 0.684. The normalized spacial score (nSPS) is 16.9. The lowest BCUT2D eigenvalue weighted by Gasteiger charge is -2.32. The number of hydrogen-bond acceptors (Lipinski definition) is 5. The van der Waals surface area contributed by atoms with Crippen LogP contribution in [0.2, 0.25) is 0 Å². The van der Waals surface area contributed by atoms with Crippen molar-refractivity contribution in [2.24, 2.45) is 0 Å². The van der Waals surface area contributed by atoms with Gasteiger partial charge in [0.15, 0.2) is 11.5 Å². The lowest BCUT2D eigenvalue weighted by molar-refractivity contribution is -0.139. The van der Waals surface area contributed by atoms with Crippen molar-refractivity contribution >= 4 is 11.9 Å². The molecule has 0 saturated heterocycles. The fourth-order valence-electron chi connectivity index (χ4n) is 2.76. The van der Waals surface area contributed by atoms with Crippen LogP contribution in [0.3, 0.4) is 0 Å². The van der Waals surface area contributed by atoms with Crippen LogP contribution in [-0.2, 0) is 22.7 Å². The Hall–Kier alpha value is -2.67. The number of amides is 1. The third kappa shape index (κ3) is 2.95. The second-order valence-corrected chi connectivity index (χ2v) is 5.39. The van der Waals surface area contributed by atoms with Gasteiger partial charge in [0.1, 0.15) is 6.61 Å². The van der Waals surface area contributed by atoms with Crippen molar-refractivity contribution in [3.63, 3.8) is 0 Å². The highest BCUT2D eigenvalue weighted by atomic mass is 16.5. The highest BCUT2D eigenvalue weighted by Gasteiger charge is 2.33. The van der Waals surface area contributed by atoms with E-state index in [1.807, 2.05) is 12.1 Å². The third-order valence-electron chi connectivity index (χ3n) is 3.84. The number of fused-ring (bicyclic) bond motifs is 1. The van der Waals surface area contributed by atoms with Crippen LogP contribution in [0.25, 0.3) is 0 Å². The van der Waals surface area contributed by atoms with E-state index in [0.717, 1.165) is 11.1 Å². The van der Waals surface area contributed by atoms with E-state index < -0.39 is 11.9 Å². The molecule has 1 aliphatic heterocycles. The van der Waals surface area contributed by atoms with Crippen molar-refractivity contribution in [2.45, 2.75) is 19.1 Å². The van der Waals surface area contributed by atoms with Crippen molar-refractivity contribution < 1.29 is 24.0 Å². The molecular formula is C16H16N2O5. The van der Waals surface area contributed by atoms with Gasteiger partial charge in [-0.1, -0.05) is 29.4 Å². The zero-order valence-corrected chi connectivity index (χ0v) is 12.6. The van der Waals surface area contributed by atoms with Crippen LogP contribution < -0.4 is 0 Å². The summed E-state index contributed by atoms with van der Waals surface area (Å²) < 4.78 is 9.95. The molecule has 1 unspecified atom stereocenters. The van der Waals surface area contributed by atoms with E-state index in [1.54, 1.807) is 12.1 Å². The fourth-order valence-corrected chi connectivity index (χ4v) is 2.76. The van der Waals surface area contributed by atoms with E-state index in [9.17, 15) is 14.7 Å². The summed E-state index contributed by atoms with van der Waals surface area (Å²) in [4.78, 5) is 25.6. The summed E-state index contributed by atoms with van der Waals surface area (Å²) in [6, 6.07) is 8.79. The number of aliphatic carboxylic acids is 1. The van der Waals surface area contributed by atoms with Gasteiger partial charge in [-0.05, 0) is 11.1 Å². The zero-order valence-electron chi connectivity index (χ0n) is 12.6. The Labute approximate surface area is 132 Å². The molecule has 1 N–H and O–H groups in total. The number of carboxylic acids is 1. The minimum absolute atomic E-state index is 0.109. The summed E-state index contributed by atoms with van der Waals surface area (Å²) in [5.41, 5.74) is 1.74. The number of carbonyl (C=O) groups excluding carboxylic acids is 1. The molecule has 7 heteroatoms. The number of ether oxygens (including phenoxy) is 1. The number of hydrogen-bond donors (Lipinski definition) is 1. The van der Waals surface area contributed by atoms with Crippen LogP contribution in [0, 0.1) is 0 Å². The van der Waals surface area contributed by atoms with Crippen LogP contribution in [0.5, 0.6) is 0 Å². The molecule has 120 valence electrons. The Morgan fingerprint density at radius 1 is 1.43 bits per heavy atom. The first-order valence-electron chi connectivity index (χ1n) is 7.14.